The predicted octanol–water partition coefficient (Wildman–Crippen LogP) is 5.44. The van der Waals surface area contributed by atoms with Crippen LogP contribution in [0.15, 0.2) is 84.3 Å². The molecule has 222 valence electrons. The normalized spacial score (nSPS) is 11.5. The Kier molecular flexibility index (Phi) is 7.05. The fourth-order valence-electron chi connectivity index (χ4n) is 4.57. The Morgan fingerprint density at radius 2 is 1.80 bits per heavy atom. The van der Waals surface area contributed by atoms with E-state index in [1.165, 1.54) is 35.3 Å². The first-order valence-corrected chi connectivity index (χ1v) is 14.5. The molecule has 0 amide bonds. The largest absolute Gasteiger partial charge is 0.436 e. The van der Waals surface area contributed by atoms with Gasteiger partial charge in [-0.1, -0.05) is 12.1 Å². The second kappa shape index (κ2) is 10.9. The van der Waals surface area contributed by atoms with Crippen LogP contribution >= 0.6 is 0 Å². The molecular formula is C30H23F2N7O4S. The van der Waals surface area contributed by atoms with Crippen LogP contribution in [0.1, 0.15) is 27.2 Å². The number of aryl methyl sites for hydroxylation is 2. The Hall–Kier alpha value is -5.63. The molecule has 14 heteroatoms. The van der Waals surface area contributed by atoms with Crippen LogP contribution in [0.2, 0.25) is 0 Å². The Morgan fingerprint density at radius 1 is 1.00 bits per heavy atom. The number of H-pyrrole nitrogens is 1. The molecule has 4 aromatic heterocycles. The van der Waals surface area contributed by atoms with Crippen LogP contribution in [-0.4, -0.2) is 38.9 Å². The highest BCUT2D eigenvalue weighted by Crippen LogP contribution is 2.30. The number of sulfonamides is 1. The van der Waals surface area contributed by atoms with Gasteiger partial charge in [0.1, 0.15) is 11.6 Å². The molecular weight excluding hydrogens is 592 g/mol. The molecule has 0 bridgehead atoms. The number of pyridine rings is 2. The maximum Gasteiger partial charge on any atom is 0.279 e. The smallest absolute Gasteiger partial charge is 0.279 e. The maximum atomic E-state index is 14.0. The minimum atomic E-state index is -4.17. The first-order valence-electron chi connectivity index (χ1n) is 13.1. The number of halogens is 2. The van der Waals surface area contributed by atoms with Crippen molar-refractivity contribution in [3.05, 3.63) is 113 Å². The fourth-order valence-corrected chi connectivity index (χ4v) is 5.65. The lowest BCUT2D eigenvalue weighted by Gasteiger charge is -2.11. The molecule has 0 radical (unpaired) electrons. The number of ketones is 1. The molecule has 4 heterocycles. The molecule has 6 aromatic rings. The maximum absolute atomic E-state index is 14.0. The Balaban J connectivity index is 1.26. The van der Waals surface area contributed by atoms with Crippen molar-refractivity contribution in [1.29, 1.82) is 0 Å². The summed E-state index contributed by atoms with van der Waals surface area (Å²) in [4.78, 5) is 24.5. The van der Waals surface area contributed by atoms with Crippen LogP contribution in [0, 0.1) is 25.5 Å². The highest BCUT2D eigenvalue weighted by molar-refractivity contribution is 7.92. The standard InChI is InChI=1S/C30H23F2N7O4S/c1-16-9-18-11-24(37-23(18)13-22(16)38-44(41,42)28-12-19(31)7-8-34-28)29(40)20-14-36-39(30(20)33)25-15-35-27(10-17(25)2)43-26-6-4-3-5-21(26)32/h3-15,37-38H,33H2,1-2H3. The van der Waals surface area contributed by atoms with Gasteiger partial charge in [-0.2, -0.15) is 13.5 Å². The summed E-state index contributed by atoms with van der Waals surface area (Å²) in [6.45, 7) is 3.46. The summed E-state index contributed by atoms with van der Waals surface area (Å²) in [5.74, 6) is -1.45. The van der Waals surface area contributed by atoms with Gasteiger partial charge in [0.15, 0.2) is 16.6 Å². The van der Waals surface area contributed by atoms with E-state index in [4.69, 9.17) is 10.5 Å². The van der Waals surface area contributed by atoms with Crippen molar-refractivity contribution in [3.63, 3.8) is 0 Å². The number of aromatic amines is 1. The van der Waals surface area contributed by atoms with Crippen LogP contribution in [0.5, 0.6) is 11.6 Å². The molecule has 0 aliphatic heterocycles. The zero-order chi connectivity index (χ0) is 31.2. The number of nitrogens with two attached hydrogens (primary N) is 1. The molecule has 0 unspecified atom stereocenters. The Bertz CT molecular complexity index is 2200. The third-order valence-electron chi connectivity index (χ3n) is 6.82. The van der Waals surface area contributed by atoms with Gasteiger partial charge in [0.05, 0.1) is 35.0 Å². The summed E-state index contributed by atoms with van der Waals surface area (Å²) in [6.07, 6.45) is 3.85. The number of nitrogen functional groups attached to an aromatic ring is 1. The molecule has 4 N–H and O–H groups in total. The molecule has 0 fully saturated rings. The summed E-state index contributed by atoms with van der Waals surface area (Å²) in [5, 5.41) is 4.46. The number of rotatable bonds is 8. The topological polar surface area (TPSA) is 158 Å². The SMILES string of the molecule is Cc1cc2cc(C(=O)c3cnn(-c4cnc(Oc5ccccc5F)cc4C)c3N)[nH]c2cc1NS(=O)(=O)c1cc(F)ccn1. The van der Waals surface area contributed by atoms with Crippen molar-refractivity contribution in [1.82, 2.24) is 24.7 Å². The lowest BCUT2D eigenvalue weighted by Crippen LogP contribution is -2.15. The number of hydrogen-bond acceptors (Lipinski definition) is 8. The minimum absolute atomic E-state index is 0.0280. The van der Waals surface area contributed by atoms with E-state index in [0.29, 0.717) is 27.7 Å². The lowest BCUT2D eigenvalue weighted by atomic mass is 10.1. The zero-order valence-corrected chi connectivity index (χ0v) is 24.0. The summed E-state index contributed by atoms with van der Waals surface area (Å²) < 4.78 is 62.5. The van der Waals surface area contributed by atoms with E-state index in [9.17, 15) is 22.0 Å². The summed E-state index contributed by atoms with van der Waals surface area (Å²) in [7, 11) is -4.17. The van der Waals surface area contributed by atoms with E-state index in [1.54, 1.807) is 44.2 Å². The quantitative estimate of drug-likeness (QED) is 0.191. The molecule has 0 saturated carbocycles. The van der Waals surface area contributed by atoms with E-state index in [2.05, 4.69) is 24.8 Å². The van der Waals surface area contributed by atoms with Crippen LogP contribution in [0.4, 0.5) is 20.3 Å². The molecule has 0 saturated heterocycles. The minimum Gasteiger partial charge on any atom is -0.436 e. The average molecular weight is 616 g/mol. The van der Waals surface area contributed by atoms with Gasteiger partial charge >= 0.3 is 0 Å². The summed E-state index contributed by atoms with van der Waals surface area (Å²) >= 11 is 0. The molecule has 0 spiro atoms. The van der Waals surface area contributed by atoms with Gasteiger partial charge in [0.2, 0.25) is 11.7 Å². The third kappa shape index (κ3) is 5.33. The van der Waals surface area contributed by atoms with Crippen LogP contribution in [0.25, 0.3) is 16.6 Å². The van der Waals surface area contributed by atoms with Crippen molar-refractivity contribution < 1.29 is 26.7 Å². The second-order valence-corrected chi connectivity index (χ2v) is 11.5. The molecule has 44 heavy (non-hydrogen) atoms. The summed E-state index contributed by atoms with van der Waals surface area (Å²) in [5.41, 5.74) is 9.07. The van der Waals surface area contributed by atoms with E-state index in [1.807, 2.05) is 0 Å². The Labute approximate surface area is 249 Å². The number of ether oxygens (including phenoxy) is 1. The van der Waals surface area contributed by atoms with Gasteiger partial charge in [-0.05, 0) is 61.4 Å². The van der Waals surface area contributed by atoms with Crippen molar-refractivity contribution in [2.45, 2.75) is 18.9 Å². The van der Waals surface area contributed by atoms with Gasteiger partial charge in [0, 0.05) is 29.2 Å². The van der Waals surface area contributed by atoms with E-state index in [-0.39, 0.29) is 34.4 Å². The monoisotopic (exact) mass is 615 g/mol. The Morgan fingerprint density at radius 3 is 2.55 bits per heavy atom. The third-order valence-corrected chi connectivity index (χ3v) is 8.08. The van der Waals surface area contributed by atoms with Gasteiger partial charge in [0.25, 0.3) is 10.0 Å². The number of carbonyl (C=O) groups is 1. The van der Waals surface area contributed by atoms with Crippen molar-refractivity contribution in [3.8, 4) is 17.3 Å². The number of carbonyl (C=O) groups excluding carboxylic acids is 1. The molecule has 2 aromatic carbocycles. The van der Waals surface area contributed by atoms with Crippen LogP contribution in [0.3, 0.4) is 0 Å². The van der Waals surface area contributed by atoms with Crippen LogP contribution < -0.4 is 15.2 Å². The first kappa shape index (κ1) is 28.5. The van der Waals surface area contributed by atoms with E-state index < -0.39 is 32.5 Å². The number of nitrogens with one attached hydrogen (secondary N) is 2. The number of anilines is 2. The van der Waals surface area contributed by atoms with Crippen molar-refractivity contribution >= 4 is 38.2 Å². The molecule has 0 aliphatic rings. The number of nitrogens with zero attached hydrogens (tertiary/aromatic N) is 4. The number of benzene rings is 2. The number of para-hydroxylation sites is 1. The van der Waals surface area contributed by atoms with Crippen molar-refractivity contribution in [2.75, 3.05) is 10.5 Å². The van der Waals surface area contributed by atoms with Gasteiger partial charge in [-0.15, -0.1) is 0 Å². The van der Waals surface area contributed by atoms with E-state index in [0.717, 1.165) is 18.3 Å². The van der Waals surface area contributed by atoms with E-state index >= 15 is 0 Å². The summed E-state index contributed by atoms with van der Waals surface area (Å²) in [6, 6.07) is 14.3. The van der Waals surface area contributed by atoms with Gasteiger partial charge in [-0.3, -0.25) is 9.52 Å². The lowest BCUT2D eigenvalue weighted by molar-refractivity contribution is 0.103. The average Bonchev–Trinajstić information content (AvgIpc) is 3.57. The van der Waals surface area contributed by atoms with Gasteiger partial charge in [-0.25, -0.2) is 23.4 Å². The fraction of sp³-hybridized carbons (Fsp3) is 0.0667. The zero-order valence-electron chi connectivity index (χ0n) is 23.2. The predicted molar refractivity (Wildman–Crippen MR) is 158 cm³/mol. The highest BCUT2D eigenvalue weighted by atomic mass is 32.2. The second-order valence-electron chi connectivity index (χ2n) is 9.88. The number of fused-ring (bicyclic) bond motifs is 1. The van der Waals surface area contributed by atoms with Crippen LogP contribution in [-0.2, 0) is 10.0 Å². The molecule has 0 aliphatic carbocycles. The molecule has 11 nitrogen and oxygen atoms in total. The first-order chi connectivity index (χ1) is 21.0. The molecule has 0 atom stereocenters. The molecule has 6 rings (SSSR count). The van der Waals surface area contributed by atoms with Crippen molar-refractivity contribution in [2.24, 2.45) is 0 Å². The number of hydrogen-bond donors (Lipinski definition) is 3. The highest BCUT2D eigenvalue weighted by Gasteiger charge is 2.22. The van der Waals surface area contributed by atoms with Gasteiger partial charge < -0.3 is 15.5 Å². The number of aromatic nitrogens is 5.